The van der Waals surface area contributed by atoms with E-state index < -0.39 is 0 Å². The molecule has 0 aromatic carbocycles. The molecule has 5 heteroatoms. The molecule has 0 amide bonds. The number of hydrogen-bond acceptors (Lipinski definition) is 4. The minimum Gasteiger partial charge on any atom is -0.383 e. The van der Waals surface area contributed by atoms with Gasteiger partial charge in [-0.3, -0.25) is 0 Å². The highest BCUT2D eigenvalue weighted by atomic mass is 15.3. The summed E-state index contributed by atoms with van der Waals surface area (Å²) in [6.07, 6.45) is 3.75. The first-order valence-corrected chi connectivity index (χ1v) is 6.55. The molecule has 102 valence electrons. The molecule has 0 aliphatic carbocycles. The van der Waals surface area contributed by atoms with Crippen LogP contribution in [0.1, 0.15) is 24.6 Å². The van der Waals surface area contributed by atoms with Crippen LogP contribution in [-0.2, 0) is 13.0 Å². The van der Waals surface area contributed by atoms with E-state index in [-0.39, 0.29) is 0 Å². The largest absolute Gasteiger partial charge is 0.383 e. The standard InChI is InChI=1S/C14H21N5/c1-4-7-11-12(10-18(2)3)17-19(14(11)15)13-8-5-6-9-16-13/h5-6,8-9H,4,7,10,15H2,1-3H3. The average Bonchev–Trinajstić information content (AvgIpc) is 2.68. The fourth-order valence-corrected chi connectivity index (χ4v) is 2.11. The normalized spacial score (nSPS) is 11.2. The van der Waals surface area contributed by atoms with Gasteiger partial charge in [0.15, 0.2) is 5.82 Å². The minimum atomic E-state index is 0.706. The van der Waals surface area contributed by atoms with E-state index in [2.05, 4.69) is 21.9 Å². The number of anilines is 1. The lowest BCUT2D eigenvalue weighted by Gasteiger charge is -2.08. The van der Waals surface area contributed by atoms with Crippen molar-refractivity contribution in [3.63, 3.8) is 0 Å². The number of nitrogens with zero attached hydrogens (tertiary/aromatic N) is 4. The SMILES string of the molecule is CCCc1c(CN(C)C)nn(-c2ccccn2)c1N. The van der Waals surface area contributed by atoms with Gasteiger partial charge in [0.1, 0.15) is 5.82 Å². The molecule has 0 saturated heterocycles. The molecule has 0 unspecified atom stereocenters. The summed E-state index contributed by atoms with van der Waals surface area (Å²) in [5.41, 5.74) is 8.42. The third-order valence-electron chi connectivity index (χ3n) is 2.94. The smallest absolute Gasteiger partial charge is 0.155 e. The van der Waals surface area contributed by atoms with Crippen molar-refractivity contribution in [1.29, 1.82) is 0 Å². The molecule has 2 aromatic rings. The molecule has 2 rings (SSSR count). The van der Waals surface area contributed by atoms with Gasteiger partial charge < -0.3 is 10.6 Å². The van der Waals surface area contributed by atoms with Crippen molar-refractivity contribution >= 4 is 5.82 Å². The molecule has 0 bridgehead atoms. The topological polar surface area (TPSA) is 60.0 Å². The van der Waals surface area contributed by atoms with Gasteiger partial charge in [-0.1, -0.05) is 19.4 Å². The summed E-state index contributed by atoms with van der Waals surface area (Å²) in [5.74, 6) is 1.47. The van der Waals surface area contributed by atoms with Crippen molar-refractivity contribution in [2.75, 3.05) is 19.8 Å². The zero-order valence-electron chi connectivity index (χ0n) is 11.8. The third-order valence-corrected chi connectivity index (χ3v) is 2.94. The fraction of sp³-hybridized carbons (Fsp3) is 0.429. The molecule has 0 radical (unpaired) electrons. The van der Waals surface area contributed by atoms with Gasteiger partial charge in [0, 0.05) is 18.3 Å². The molecule has 0 fully saturated rings. The van der Waals surface area contributed by atoms with E-state index in [1.54, 1.807) is 10.9 Å². The van der Waals surface area contributed by atoms with Crippen LogP contribution in [0, 0.1) is 0 Å². The first-order valence-electron chi connectivity index (χ1n) is 6.55. The van der Waals surface area contributed by atoms with Gasteiger partial charge in [0.25, 0.3) is 0 Å². The Balaban J connectivity index is 2.45. The second-order valence-corrected chi connectivity index (χ2v) is 4.90. The number of hydrogen-bond donors (Lipinski definition) is 1. The zero-order chi connectivity index (χ0) is 13.8. The van der Waals surface area contributed by atoms with Crippen molar-refractivity contribution < 1.29 is 0 Å². The quantitative estimate of drug-likeness (QED) is 0.890. The van der Waals surface area contributed by atoms with Crippen molar-refractivity contribution in [3.8, 4) is 5.82 Å². The Bertz CT molecular complexity index is 530. The van der Waals surface area contributed by atoms with Gasteiger partial charge in [0.2, 0.25) is 0 Å². The van der Waals surface area contributed by atoms with Crippen LogP contribution in [0.5, 0.6) is 0 Å². The fourth-order valence-electron chi connectivity index (χ4n) is 2.11. The van der Waals surface area contributed by atoms with Crippen LogP contribution >= 0.6 is 0 Å². The van der Waals surface area contributed by atoms with Crippen molar-refractivity contribution in [3.05, 3.63) is 35.7 Å². The Labute approximate surface area is 114 Å². The molecule has 2 N–H and O–H groups in total. The summed E-state index contributed by atoms with van der Waals surface area (Å²) < 4.78 is 1.74. The van der Waals surface area contributed by atoms with Crippen LogP contribution in [0.15, 0.2) is 24.4 Å². The highest BCUT2D eigenvalue weighted by Gasteiger charge is 2.16. The molecule has 5 nitrogen and oxygen atoms in total. The van der Waals surface area contributed by atoms with Crippen molar-refractivity contribution in [2.45, 2.75) is 26.3 Å². The second-order valence-electron chi connectivity index (χ2n) is 4.90. The lowest BCUT2D eigenvalue weighted by Crippen LogP contribution is -2.12. The number of nitrogens with two attached hydrogens (primary N) is 1. The monoisotopic (exact) mass is 259 g/mol. The summed E-state index contributed by atoms with van der Waals surface area (Å²) >= 11 is 0. The number of rotatable bonds is 5. The number of pyridine rings is 1. The Morgan fingerprint density at radius 1 is 1.32 bits per heavy atom. The molecule has 0 aliphatic heterocycles. The predicted molar refractivity (Wildman–Crippen MR) is 77.2 cm³/mol. The highest BCUT2D eigenvalue weighted by molar-refractivity contribution is 5.48. The lowest BCUT2D eigenvalue weighted by atomic mass is 10.1. The Morgan fingerprint density at radius 3 is 2.68 bits per heavy atom. The Kier molecular flexibility index (Phi) is 4.16. The first kappa shape index (κ1) is 13.5. The number of nitrogen functional groups attached to an aromatic ring is 1. The Morgan fingerprint density at radius 2 is 2.11 bits per heavy atom. The van der Waals surface area contributed by atoms with Crippen LogP contribution < -0.4 is 5.73 Å². The predicted octanol–water partition coefficient (Wildman–Crippen LogP) is 1.86. The van der Waals surface area contributed by atoms with E-state index in [1.807, 2.05) is 32.3 Å². The maximum Gasteiger partial charge on any atom is 0.155 e. The summed E-state index contributed by atoms with van der Waals surface area (Å²) in [4.78, 5) is 6.41. The van der Waals surface area contributed by atoms with Gasteiger partial charge in [-0.15, -0.1) is 0 Å². The summed E-state index contributed by atoms with van der Waals surface area (Å²) in [6, 6.07) is 5.74. The molecule has 0 atom stereocenters. The van der Waals surface area contributed by atoms with Crippen LogP contribution in [0.2, 0.25) is 0 Å². The Hall–Kier alpha value is -1.88. The molecule has 0 saturated carbocycles. The van der Waals surface area contributed by atoms with Gasteiger partial charge in [-0.05, 0) is 32.6 Å². The minimum absolute atomic E-state index is 0.706. The second kappa shape index (κ2) is 5.84. The lowest BCUT2D eigenvalue weighted by molar-refractivity contribution is 0.394. The van der Waals surface area contributed by atoms with E-state index in [9.17, 15) is 0 Å². The van der Waals surface area contributed by atoms with E-state index in [0.29, 0.717) is 5.82 Å². The summed E-state index contributed by atoms with van der Waals surface area (Å²) in [5, 5.41) is 4.63. The maximum atomic E-state index is 6.24. The highest BCUT2D eigenvalue weighted by Crippen LogP contribution is 2.22. The average molecular weight is 259 g/mol. The van der Waals surface area contributed by atoms with Crippen LogP contribution in [-0.4, -0.2) is 33.8 Å². The van der Waals surface area contributed by atoms with E-state index in [4.69, 9.17) is 5.73 Å². The molecule has 2 heterocycles. The van der Waals surface area contributed by atoms with E-state index in [0.717, 1.165) is 36.5 Å². The maximum absolute atomic E-state index is 6.24. The third kappa shape index (κ3) is 2.93. The first-order chi connectivity index (χ1) is 9.13. The van der Waals surface area contributed by atoms with Gasteiger partial charge in [-0.25, -0.2) is 4.98 Å². The molecular formula is C14H21N5. The molecule has 2 aromatic heterocycles. The van der Waals surface area contributed by atoms with Gasteiger partial charge in [0.05, 0.1) is 5.69 Å². The summed E-state index contributed by atoms with van der Waals surface area (Å²) in [6.45, 7) is 2.94. The molecule has 0 aliphatic rings. The van der Waals surface area contributed by atoms with Crippen LogP contribution in [0.3, 0.4) is 0 Å². The van der Waals surface area contributed by atoms with Crippen molar-refractivity contribution in [1.82, 2.24) is 19.7 Å². The summed E-state index contributed by atoms with van der Waals surface area (Å²) in [7, 11) is 4.07. The molecule has 19 heavy (non-hydrogen) atoms. The van der Waals surface area contributed by atoms with Gasteiger partial charge in [-0.2, -0.15) is 9.78 Å². The van der Waals surface area contributed by atoms with Crippen LogP contribution in [0.4, 0.5) is 5.82 Å². The van der Waals surface area contributed by atoms with Crippen molar-refractivity contribution in [2.24, 2.45) is 0 Å². The van der Waals surface area contributed by atoms with E-state index >= 15 is 0 Å². The van der Waals surface area contributed by atoms with Gasteiger partial charge >= 0.3 is 0 Å². The number of aromatic nitrogens is 3. The molecule has 0 spiro atoms. The van der Waals surface area contributed by atoms with Crippen LogP contribution in [0.25, 0.3) is 5.82 Å². The van der Waals surface area contributed by atoms with E-state index in [1.165, 1.54) is 0 Å². The molecular weight excluding hydrogens is 238 g/mol. The zero-order valence-corrected chi connectivity index (χ0v) is 11.8.